The predicted octanol–water partition coefficient (Wildman–Crippen LogP) is 5.34. The van der Waals surface area contributed by atoms with Crippen LogP contribution in [0.15, 0.2) is 131 Å². The van der Waals surface area contributed by atoms with E-state index in [1.807, 2.05) is 142 Å². The van der Waals surface area contributed by atoms with Crippen LogP contribution in [-0.2, 0) is 24.1 Å². The molecule has 1 unspecified atom stereocenters. The van der Waals surface area contributed by atoms with Gasteiger partial charge in [-0.1, -0.05) is 0 Å². The molecule has 0 aliphatic carbocycles. The first-order valence-electron chi connectivity index (χ1n) is 19.9. The van der Waals surface area contributed by atoms with Crippen LogP contribution in [0.3, 0.4) is 0 Å². The zero-order valence-electron chi connectivity index (χ0n) is 35.0. The molecule has 0 bridgehead atoms. The standard InChI is InChI=1S/C45H52N5O9PTe/c1-31(2)50(32(3)4)48-60(57-29-13-27-46)59-41-39(58-42(49-28-26-40(51)47-43(49)52)45(41,53)61-38-16-11-8-12-17-38)30-56-44(33-14-9-7-10-15-33,34-18-22-36(54-5)23-19-34)35-20-24-37(55-6)25-21-35/h7-12,14-26,28,31-32,39,41-42,48,53H,13,29-30H2,1-6H3,(H,47,51,52)/t39-,41-,42-,45+,60?/m1/s1. The fourth-order valence-electron chi connectivity index (χ4n) is 7.24. The Hall–Kier alpha value is -4.41. The molecular weight excluding hydrogens is 913 g/mol. The zero-order chi connectivity index (χ0) is 43.6. The topological polar surface area (TPSA) is 170 Å². The SMILES string of the molecule is COc1ccc(C(OC[C@H]2O[C@@H](n3ccc(=O)[nH]c3=O)[C@@](O)([Te]c3ccccc3)[C@@H]2OP(NN(C(C)C)C(C)C)OCCC#N)(c2ccccc2)c2ccc(OC)cc2)cc1. The molecule has 322 valence electrons. The van der Waals surface area contributed by atoms with E-state index in [4.69, 9.17) is 28.0 Å². The van der Waals surface area contributed by atoms with Gasteiger partial charge in [-0.3, -0.25) is 0 Å². The second kappa shape index (κ2) is 21.1. The molecule has 0 radical (unpaired) electrons. The summed E-state index contributed by atoms with van der Waals surface area (Å²) in [6.07, 6.45) is -2.13. The van der Waals surface area contributed by atoms with Gasteiger partial charge >= 0.3 is 369 Å². The van der Waals surface area contributed by atoms with Crippen molar-refractivity contribution in [1.82, 2.24) is 19.8 Å². The van der Waals surface area contributed by atoms with Crippen molar-refractivity contribution in [3.8, 4) is 17.6 Å². The molecule has 0 spiro atoms. The van der Waals surface area contributed by atoms with Crippen LogP contribution in [-0.4, -0.2) is 96.0 Å². The van der Waals surface area contributed by atoms with Crippen molar-refractivity contribution < 1.29 is 33.1 Å². The Morgan fingerprint density at radius 1 is 0.885 bits per heavy atom. The van der Waals surface area contributed by atoms with Crippen molar-refractivity contribution in [2.24, 2.45) is 0 Å². The average molecular weight is 966 g/mol. The van der Waals surface area contributed by atoms with Gasteiger partial charge < -0.3 is 0 Å². The summed E-state index contributed by atoms with van der Waals surface area (Å²) in [6.45, 7) is 8.01. The van der Waals surface area contributed by atoms with Gasteiger partial charge in [-0.25, -0.2) is 0 Å². The molecule has 0 saturated carbocycles. The third kappa shape index (κ3) is 10.6. The summed E-state index contributed by atoms with van der Waals surface area (Å²) in [5.74, 6) is 1.32. The third-order valence-electron chi connectivity index (χ3n) is 10.1. The summed E-state index contributed by atoms with van der Waals surface area (Å²) in [5.41, 5.74) is -0.278. The average Bonchev–Trinajstić information content (AvgIpc) is 3.52. The molecule has 0 amide bonds. The van der Waals surface area contributed by atoms with E-state index in [2.05, 4.69) is 16.2 Å². The van der Waals surface area contributed by atoms with Crippen molar-refractivity contribution in [2.75, 3.05) is 27.4 Å². The van der Waals surface area contributed by atoms with Crippen LogP contribution < -0.4 is 29.5 Å². The summed E-state index contributed by atoms with van der Waals surface area (Å²) in [7, 11) is 1.16. The number of H-pyrrole nitrogens is 1. The molecular formula is C45H52N5O9PTe. The van der Waals surface area contributed by atoms with Crippen LogP contribution in [0.1, 0.15) is 57.0 Å². The number of nitrogens with zero attached hydrogens (tertiary/aromatic N) is 3. The fraction of sp³-hybridized carbons (Fsp3) is 0.356. The van der Waals surface area contributed by atoms with Crippen LogP contribution in [0.5, 0.6) is 11.5 Å². The number of aliphatic hydroxyl groups is 1. The van der Waals surface area contributed by atoms with Crippen LogP contribution in [0.4, 0.5) is 0 Å². The number of hydrazine groups is 1. The van der Waals surface area contributed by atoms with E-state index in [1.165, 1.54) is 16.8 Å². The van der Waals surface area contributed by atoms with E-state index < -0.39 is 68.4 Å². The van der Waals surface area contributed by atoms with Crippen LogP contribution in [0.2, 0.25) is 0 Å². The second-order valence-corrected chi connectivity index (χ2v) is 19.7. The van der Waals surface area contributed by atoms with E-state index in [0.717, 1.165) is 20.3 Å². The number of hydrogen-bond acceptors (Lipinski definition) is 12. The maximum atomic E-state index is 13.6. The molecule has 1 aliphatic heterocycles. The van der Waals surface area contributed by atoms with Crippen LogP contribution in [0, 0.1) is 11.3 Å². The minimum absolute atomic E-state index is 0.0112. The predicted molar refractivity (Wildman–Crippen MR) is 233 cm³/mol. The number of nitrogens with one attached hydrogen (secondary N) is 2. The van der Waals surface area contributed by atoms with E-state index in [-0.39, 0.29) is 31.7 Å². The van der Waals surface area contributed by atoms with E-state index >= 15 is 0 Å². The van der Waals surface area contributed by atoms with Gasteiger partial charge in [0.1, 0.15) is 0 Å². The Kier molecular flexibility index (Phi) is 16.0. The molecule has 5 atom stereocenters. The van der Waals surface area contributed by atoms with Gasteiger partial charge in [0.2, 0.25) is 0 Å². The van der Waals surface area contributed by atoms with Crippen molar-refractivity contribution in [3.05, 3.63) is 159 Å². The number of hydrogen-bond donors (Lipinski definition) is 3. The molecule has 1 fully saturated rings. The Morgan fingerprint density at radius 3 is 1.97 bits per heavy atom. The van der Waals surface area contributed by atoms with Gasteiger partial charge in [-0.2, -0.15) is 0 Å². The Balaban J connectivity index is 1.53. The van der Waals surface area contributed by atoms with Crippen LogP contribution >= 0.6 is 8.53 Å². The van der Waals surface area contributed by atoms with Crippen molar-refractivity contribution in [3.63, 3.8) is 0 Å². The molecule has 2 heterocycles. The molecule has 6 rings (SSSR count). The summed E-state index contributed by atoms with van der Waals surface area (Å²) in [5, 5.41) is 28.3. The molecule has 3 N–H and O–H groups in total. The maximum absolute atomic E-state index is 13.6. The van der Waals surface area contributed by atoms with Gasteiger partial charge in [0, 0.05) is 0 Å². The van der Waals surface area contributed by atoms with Crippen molar-refractivity contribution in [2.45, 2.75) is 73.9 Å². The molecule has 16 heteroatoms. The number of aromatic amines is 1. The Bertz CT molecular complexity index is 2260. The van der Waals surface area contributed by atoms with Crippen molar-refractivity contribution >= 4 is 33.1 Å². The summed E-state index contributed by atoms with van der Waals surface area (Å²) in [4.78, 5) is 28.3. The molecule has 1 aliphatic rings. The quantitative estimate of drug-likeness (QED) is 0.0302. The first-order valence-corrected chi connectivity index (χ1v) is 23.4. The molecule has 1 saturated heterocycles. The Labute approximate surface area is 367 Å². The van der Waals surface area contributed by atoms with Crippen LogP contribution in [0.25, 0.3) is 0 Å². The van der Waals surface area contributed by atoms with Gasteiger partial charge in [0.15, 0.2) is 0 Å². The number of methoxy groups -OCH3 is 2. The van der Waals surface area contributed by atoms with E-state index in [1.54, 1.807) is 14.2 Å². The number of aromatic nitrogens is 2. The van der Waals surface area contributed by atoms with E-state index in [0.29, 0.717) is 11.5 Å². The zero-order valence-corrected chi connectivity index (χ0v) is 38.2. The Morgan fingerprint density at radius 2 is 1.44 bits per heavy atom. The first kappa shape index (κ1) is 46.1. The third-order valence-corrected chi connectivity index (χ3v) is 15.0. The molecule has 61 heavy (non-hydrogen) atoms. The summed E-state index contributed by atoms with van der Waals surface area (Å²) < 4.78 is 38.8. The molecule has 4 aromatic carbocycles. The number of rotatable bonds is 20. The van der Waals surface area contributed by atoms with Gasteiger partial charge in [0.25, 0.3) is 0 Å². The molecule has 1 aromatic heterocycles. The summed E-state index contributed by atoms with van der Waals surface area (Å²) >= 11 is -1.72. The van der Waals surface area contributed by atoms with Gasteiger partial charge in [0.05, 0.1) is 0 Å². The molecule has 5 aromatic rings. The number of benzene rings is 4. The first-order chi connectivity index (χ1) is 29.4. The van der Waals surface area contributed by atoms with Gasteiger partial charge in [-0.05, 0) is 0 Å². The van der Waals surface area contributed by atoms with E-state index in [9.17, 15) is 20.0 Å². The molecule has 14 nitrogen and oxygen atoms in total. The number of nitriles is 1. The monoisotopic (exact) mass is 967 g/mol. The van der Waals surface area contributed by atoms with Gasteiger partial charge in [-0.15, -0.1) is 0 Å². The normalized spacial score (nSPS) is 19.6. The summed E-state index contributed by atoms with van der Waals surface area (Å²) in [6, 6.07) is 37.9. The second-order valence-electron chi connectivity index (χ2n) is 14.7. The fourth-order valence-corrected chi connectivity index (χ4v) is 12.6. The minimum atomic E-state index is -2.05. The number of ether oxygens (including phenoxy) is 4. The van der Waals surface area contributed by atoms with Crippen molar-refractivity contribution in [1.29, 1.82) is 5.26 Å².